The normalized spacial score (nSPS) is 19.3. The Bertz CT molecular complexity index is 504. The van der Waals surface area contributed by atoms with Gasteiger partial charge in [0.1, 0.15) is 5.00 Å². The monoisotopic (exact) mass is 314 g/mol. The molecule has 0 radical (unpaired) electrons. The van der Waals surface area contributed by atoms with E-state index in [1.807, 2.05) is 0 Å². The molecule has 6 nitrogen and oxygen atoms in total. The molecule has 0 saturated heterocycles. The van der Waals surface area contributed by atoms with Gasteiger partial charge in [0.05, 0.1) is 17.8 Å². The summed E-state index contributed by atoms with van der Waals surface area (Å²) in [6.45, 7) is 2.55. The molecule has 0 saturated carbocycles. The third-order valence-electron chi connectivity index (χ3n) is 3.00. The number of rotatable bonds is 5. The van der Waals surface area contributed by atoms with E-state index in [4.69, 9.17) is 0 Å². The van der Waals surface area contributed by atoms with Crippen LogP contribution < -0.4 is 4.31 Å². The number of urea groups is 1. The van der Waals surface area contributed by atoms with Gasteiger partial charge in [0.15, 0.2) is 0 Å². The maximum Gasteiger partial charge on any atom is 0.356 e. The molecule has 2 atom stereocenters. The lowest BCUT2D eigenvalue weighted by molar-refractivity contribution is 0.211. The van der Waals surface area contributed by atoms with Crippen molar-refractivity contribution in [3.8, 4) is 0 Å². The van der Waals surface area contributed by atoms with Crippen LogP contribution in [0.15, 0.2) is 22.6 Å². The number of unbranched alkanes of at least 4 members (excludes halogenated alkanes) is 1. The Morgan fingerprint density at radius 3 is 3.10 bits per heavy atom. The average molecular weight is 314 g/mol. The number of hydrazone groups is 1. The van der Waals surface area contributed by atoms with E-state index in [-0.39, 0.29) is 5.92 Å². The van der Waals surface area contributed by atoms with Gasteiger partial charge in [-0.25, -0.2) is 14.1 Å². The van der Waals surface area contributed by atoms with Gasteiger partial charge < -0.3 is 4.55 Å². The zero-order valence-corrected chi connectivity index (χ0v) is 12.7. The SMILES string of the molecule is CCCCC1C=NN(C(=O)N(c2cccs2)S(=O)[O-])C1. The summed E-state index contributed by atoms with van der Waals surface area (Å²) in [7, 11) is 0. The van der Waals surface area contributed by atoms with Crippen LogP contribution in [-0.4, -0.2) is 32.6 Å². The number of hydrogen-bond donors (Lipinski definition) is 0. The van der Waals surface area contributed by atoms with E-state index < -0.39 is 17.3 Å². The van der Waals surface area contributed by atoms with E-state index in [0.717, 1.165) is 23.6 Å². The van der Waals surface area contributed by atoms with E-state index in [9.17, 15) is 13.6 Å². The number of thiophene rings is 1. The summed E-state index contributed by atoms with van der Waals surface area (Å²) in [6.07, 6.45) is 4.85. The zero-order valence-electron chi connectivity index (χ0n) is 11.1. The van der Waals surface area contributed by atoms with E-state index in [0.29, 0.717) is 11.5 Å². The maximum absolute atomic E-state index is 12.3. The van der Waals surface area contributed by atoms with Crippen LogP contribution in [0.2, 0.25) is 0 Å². The molecule has 0 aliphatic carbocycles. The highest BCUT2D eigenvalue weighted by Gasteiger charge is 2.28. The van der Waals surface area contributed by atoms with Crippen molar-refractivity contribution >= 4 is 39.9 Å². The van der Waals surface area contributed by atoms with Gasteiger partial charge in [0.2, 0.25) is 0 Å². The molecule has 1 aliphatic heterocycles. The third kappa shape index (κ3) is 3.44. The van der Waals surface area contributed by atoms with Crippen LogP contribution in [0.25, 0.3) is 0 Å². The predicted molar refractivity (Wildman–Crippen MR) is 79.3 cm³/mol. The molecule has 1 aromatic heterocycles. The van der Waals surface area contributed by atoms with Gasteiger partial charge in [-0.1, -0.05) is 19.8 Å². The predicted octanol–water partition coefficient (Wildman–Crippen LogP) is 2.58. The van der Waals surface area contributed by atoms with Crippen LogP contribution in [0.4, 0.5) is 9.80 Å². The first-order chi connectivity index (χ1) is 9.63. The molecule has 1 aromatic rings. The van der Waals surface area contributed by atoms with Crippen LogP contribution >= 0.6 is 11.3 Å². The molecule has 8 heteroatoms. The summed E-state index contributed by atoms with van der Waals surface area (Å²) in [5.41, 5.74) is 0. The standard InChI is InChI=1S/C12H17N3O3S2/c1-2-3-5-10-8-13-14(9-10)12(16)15(20(17)18)11-6-4-7-19-11/h4,6-8,10H,2-3,5,9H2,1H3,(H,17,18)/p-1. The number of carbonyl (C=O) groups is 1. The minimum absolute atomic E-state index is 0.212. The van der Waals surface area contributed by atoms with Gasteiger partial charge in [-0.15, -0.1) is 11.3 Å². The second-order valence-electron chi connectivity index (χ2n) is 4.49. The van der Waals surface area contributed by atoms with Gasteiger partial charge >= 0.3 is 6.03 Å². The molecule has 0 spiro atoms. The van der Waals surface area contributed by atoms with Gasteiger partial charge in [0.25, 0.3) is 0 Å². The Balaban J connectivity index is 2.04. The minimum Gasteiger partial charge on any atom is -0.755 e. The zero-order chi connectivity index (χ0) is 14.5. The van der Waals surface area contributed by atoms with Crippen molar-refractivity contribution in [2.75, 3.05) is 10.8 Å². The molecule has 110 valence electrons. The van der Waals surface area contributed by atoms with Crippen molar-refractivity contribution in [1.82, 2.24) is 5.01 Å². The van der Waals surface area contributed by atoms with Crippen molar-refractivity contribution in [2.45, 2.75) is 26.2 Å². The number of anilines is 1. The minimum atomic E-state index is -2.65. The van der Waals surface area contributed by atoms with Crippen LogP contribution in [0, 0.1) is 5.92 Å². The molecule has 0 aromatic carbocycles. The quantitative estimate of drug-likeness (QED) is 0.784. The van der Waals surface area contributed by atoms with Gasteiger partial charge in [-0.3, -0.25) is 4.21 Å². The lowest BCUT2D eigenvalue weighted by Gasteiger charge is -2.26. The summed E-state index contributed by atoms with van der Waals surface area (Å²) >= 11 is -1.45. The third-order valence-corrected chi connectivity index (χ3v) is 4.62. The van der Waals surface area contributed by atoms with Crippen molar-refractivity contribution in [3.05, 3.63) is 17.5 Å². The second kappa shape index (κ2) is 6.96. The Morgan fingerprint density at radius 2 is 2.50 bits per heavy atom. The Labute approximate surface area is 124 Å². The molecule has 2 unspecified atom stereocenters. The van der Waals surface area contributed by atoms with Crippen molar-refractivity contribution in [1.29, 1.82) is 0 Å². The van der Waals surface area contributed by atoms with Crippen molar-refractivity contribution < 1.29 is 13.6 Å². The van der Waals surface area contributed by atoms with Crippen molar-refractivity contribution in [2.24, 2.45) is 11.0 Å². The number of nitrogens with zero attached hydrogens (tertiary/aromatic N) is 3. The lowest BCUT2D eigenvalue weighted by Crippen LogP contribution is -2.41. The largest absolute Gasteiger partial charge is 0.755 e. The number of amides is 2. The first-order valence-corrected chi connectivity index (χ1v) is 8.33. The maximum atomic E-state index is 12.3. The molecule has 0 bridgehead atoms. The van der Waals surface area contributed by atoms with E-state index in [2.05, 4.69) is 12.0 Å². The summed E-state index contributed by atoms with van der Waals surface area (Å²) < 4.78 is 23.3. The molecule has 1 aliphatic rings. The van der Waals surface area contributed by atoms with Crippen LogP contribution in [0.3, 0.4) is 0 Å². The van der Waals surface area contributed by atoms with Gasteiger partial charge in [-0.2, -0.15) is 5.10 Å². The fourth-order valence-corrected chi connectivity index (χ4v) is 3.34. The van der Waals surface area contributed by atoms with Gasteiger partial charge in [-0.05, 0) is 23.9 Å². The van der Waals surface area contributed by atoms with Gasteiger partial charge in [0, 0.05) is 12.1 Å². The lowest BCUT2D eigenvalue weighted by atomic mass is 10.0. The molecule has 2 amide bonds. The molecule has 20 heavy (non-hydrogen) atoms. The second-order valence-corrected chi connectivity index (χ2v) is 6.22. The average Bonchev–Trinajstić information content (AvgIpc) is 3.07. The summed E-state index contributed by atoms with van der Waals surface area (Å²) in [5, 5.41) is 7.34. The van der Waals surface area contributed by atoms with Crippen molar-refractivity contribution in [3.63, 3.8) is 0 Å². The summed E-state index contributed by atoms with van der Waals surface area (Å²) in [5.74, 6) is 0.212. The highest BCUT2D eigenvalue weighted by Crippen LogP contribution is 2.25. The Kier molecular flexibility index (Phi) is 5.27. The smallest absolute Gasteiger partial charge is 0.356 e. The van der Waals surface area contributed by atoms with Crippen LogP contribution in [-0.2, 0) is 11.3 Å². The van der Waals surface area contributed by atoms with E-state index >= 15 is 0 Å². The highest BCUT2D eigenvalue weighted by molar-refractivity contribution is 7.81. The first-order valence-electron chi connectivity index (χ1n) is 6.42. The molecular formula is C12H16N3O3S2-. The Morgan fingerprint density at radius 1 is 1.70 bits per heavy atom. The summed E-state index contributed by atoms with van der Waals surface area (Å²) in [6, 6.07) is 2.66. The fourth-order valence-electron chi connectivity index (χ4n) is 1.97. The van der Waals surface area contributed by atoms with Crippen LogP contribution in [0.5, 0.6) is 0 Å². The Hall–Kier alpha value is -1.25. The molecule has 2 heterocycles. The summed E-state index contributed by atoms with van der Waals surface area (Å²) in [4.78, 5) is 12.3. The molecule has 2 rings (SSSR count). The topological polar surface area (TPSA) is 76.0 Å². The first kappa shape index (κ1) is 15.1. The van der Waals surface area contributed by atoms with Crippen LogP contribution in [0.1, 0.15) is 26.2 Å². The highest BCUT2D eigenvalue weighted by atomic mass is 32.2. The van der Waals surface area contributed by atoms with E-state index in [1.54, 1.807) is 23.7 Å². The van der Waals surface area contributed by atoms with E-state index in [1.165, 1.54) is 16.3 Å². The molecule has 0 N–H and O–H groups in total. The number of hydrogen-bond acceptors (Lipinski definition) is 5. The number of carbonyl (C=O) groups excluding carboxylic acids is 1. The molecule has 0 fully saturated rings. The molecular weight excluding hydrogens is 298 g/mol. The fraction of sp³-hybridized carbons (Fsp3) is 0.500.